The lowest BCUT2D eigenvalue weighted by molar-refractivity contribution is 0.0545. The van der Waals surface area contributed by atoms with Crippen LogP contribution in [0.5, 0.6) is 11.8 Å². The third kappa shape index (κ3) is 5.18. The minimum atomic E-state index is -0.649. The highest BCUT2D eigenvalue weighted by molar-refractivity contribution is 5.91. The Balaban J connectivity index is 2.01. The molecule has 0 aliphatic carbocycles. The molecule has 1 atom stereocenters. The fraction of sp³-hybridized carbons (Fsp3) is 0.455. The van der Waals surface area contributed by atoms with Gasteiger partial charge in [-0.25, -0.2) is 9.18 Å². The number of amides is 1. The van der Waals surface area contributed by atoms with Gasteiger partial charge in [0.15, 0.2) is 0 Å². The lowest BCUT2D eigenvalue weighted by atomic mass is 10.0. The Hall–Kier alpha value is -2.87. The summed E-state index contributed by atoms with van der Waals surface area (Å²) in [5.74, 6) is 0.234. The summed E-state index contributed by atoms with van der Waals surface area (Å²) in [6.45, 7) is 7.44. The molecule has 8 heteroatoms. The van der Waals surface area contributed by atoms with Crippen LogP contribution in [0.4, 0.5) is 14.9 Å². The van der Waals surface area contributed by atoms with Crippen molar-refractivity contribution in [3.8, 4) is 11.8 Å². The highest BCUT2D eigenvalue weighted by Gasteiger charge is 2.35. The van der Waals surface area contributed by atoms with Gasteiger partial charge in [-0.1, -0.05) is 12.1 Å². The molecule has 0 saturated carbocycles. The molecule has 0 bridgehead atoms. The molecule has 0 unspecified atom stereocenters. The Morgan fingerprint density at radius 3 is 2.67 bits per heavy atom. The van der Waals surface area contributed by atoms with E-state index in [1.807, 2.05) is 6.92 Å². The number of aliphatic hydroxyl groups is 1. The molecule has 0 spiro atoms. The summed E-state index contributed by atoms with van der Waals surface area (Å²) >= 11 is 0. The average molecular weight is 418 g/mol. The van der Waals surface area contributed by atoms with E-state index in [0.717, 1.165) is 5.56 Å². The quantitative estimate of drug-likeness (QED) is 0.797. The largest absolute Gasteiger partial charge is 0.475 e. The summed E-state index contributed by atoms with van der Waals surface area (Å²) in [5, 5.41) is 9.14. The molecule has 0 fully saturated rings. The van der Waals surface area contributed by atoms with Gasteiger partial charge in [0.1, 0.15) is 30.3 Å². The second-order valence-corrected chi connectivity index (χ2v) is 8.16. The molecule has 1 aliphatic heterocycles. The van der Waals surface area contributed by atoms with Crippen molar-refractivity contribution >= 4 is 11.8 Å². The molecule has 2 heterocycles. The first-order valence-electron chi connectivity index (χ1n) is 9.85. The van der Waals surface area contributed by atoms with Gasteiger partial charge in [-0.15, -0.1) is 0 Å². The molecule has 1 aliphatic rings. The number of carbonyl (C=O) groups excluding carboxylic acids is 1. The van der Waals surface area contributed by atoms with Crippen LogP contribution in [-0.4, -0.2) is 47.6 Å². The van der Waals surface area contributed by atoms with Gasteiger partial charge in [0, 0.05) is 12.0 Å². The SMILES string of the molecule is C[C@H]1COc2nc(OCCO)c(Cc3ccc(F)cc3)cc2N1C(=O)OC(C)(C)C. The smallest absolute Gasteiger partial charge is 0.415 e. The first kappa shape index (κ1) is 21.8. The standard InChI is InChI=1S/C22H27FN2O5/c1-14-13-29-20-18(25(14)21(27)30-22(2,3)4)12-16(19(24-20)28-10-9-26)11-15-5-7-17(23)8-6-15/h5-8,12,14,26H,9-11,13H2,1-4H3/t14-/m0/s1. The fourth-order valence-corrected chi connectivity index (χ4v) is 3.11. The fourth-order valence-electron chi connectivity index (χ4n) is 3.11. The maximum absolute atomic E-state index is 13.3. The Morgan fingerprint density at radius 2 is 2.03 bits per heavy atom. The lowest BCUT2D eigenvalue weighted by Gasteiger charge is -2.35. The van der Waals surface area contributed by atoms with E-state index >= 15 is 0 Å². The summed E-state index contributed by atoms with van der Waals surface area (Å²) < 4.78 is 30.2. The van der Waals surface area contributed by atoms with Crippen LogP contribution in [0, 0.1) is 5.82 Å². The van der Waals surface area contributed by atoms with Crippen LogP contribution in [0.2, 0.25) is 0 Å². The van der Waals surface area contributed by atoms with Crippen molar-refractivity contribution in [2.75, 3.05) is 24.7 Å². The molecule has 1 N–H and O–H groups in total. The zero-order valence-corrected chi connectivity index (χ0v) is 17.6. The van der Waals surface area contributed by atoms with Gasteiger partial charge in [-0.2, -0.15) is 4.98 Å². The van der Waals surface area contributed by atoms with Crippen molar-refractivity contribution in [3.05, 3.63) is 47.3 Å². The van der Waals surface area contributed by atoms with Crippen LogP contribution in [0.3, 0.4) is 0 Å². The van der Waals surface area contributed by atoms with Gasteiger partial charge >= 0.3 is 6.09 Å². The van der Waals surface area contributed by atoms with Gasteiger partial charge in [-0.05, 0) is 51.5 Å². The van der Waals surface area contributed by atoms with Gasteiger partial charge in [-0.3, -0.25) is 4.90 Å². The lowest BCUT2D eigenvalue weighted by Crippen LogP contribution is -2.47. The van der Waals surface area contributed by atoms with E-state index in [1.165, 1.54) is 17.0 Å². The number of hydrogen-bond acceptors (Lipinski definition) is 6. The van der Waals surface area contributed by atoms with Crippen molar-refractivity contribution in [2.24, 2.45) is 0 Å². The molecule has 1 aromatic heterocycles. The maximum atomic E-state index is 13.3. The zero-order chi connectivity index (χ0) is 21.9. The monoisotopic (exact) mass is 418 g/mol. The Bertz CT molecular complexity index is 896. The van der Waals surface area contributed by atoms with E-state index in [0.29, 0.717) is 23.6 Å². The first-order valence-corrected chi connectivity index (χ1v) is 9.85. The summed E-state index contributed by atoms with van der Waals surface area (Å²) in [7, 11) is 0. The van der Waals surface area contributed by atoms with Crippen LogP contribution >= 0.6 is 0 Å². The second-order valence-electron chi connectivity index (χ2n) is 8.16. The molecule has 2 aromatic rings. The van der Waals surface area contributed by atoms with Crippen molar-refractivity contribution < 1.29 is 28.5 Å². The van der Waals surface area contributed by atoms with E-state index in [9.17, 15) is 9.18 Å². The van der Waals surface area contributed by atoms with Crippen LogP contribution in [0.1, 0.15) is 38.8 Å². The van der Waals surface area contributed by atoms with Gasteiger partial charge in [0.25, 0.3) is 0 Å². The van der Waals surface area contributed by atoms with Crippen molar-refractivity contribution in [1.29, 1.82) is 0 Å². The van der Waals surface area contributed by atoms with E-state index in [1.54, 1.807) is 39.0 Å². The maximum Gasteiger partial charge on any atom is 0.415 e. The molecule has 1 amide bonds. The number of ether oxygens (including phenoxy) is 3. The molecule has 7 nitrogen and oxygen atoms in total. The van der Waals surface area contributed by atoms with E-state index < -0.39 is 11.7 Å². The Morgan fingerprint density at radius 1 is 1.33 bits per heavy atom. The zero-order valence-electron chi connectivity index (χ0n) is 17.6. The predicted molar refractivity (Wildman–Crippen MR) is 110 cm³/mol. The number of nitrogens with zero attached hydrogens (tertiary/aromatic N) is 2. The third-order valence-corrected chi connectivity index (χ3v) is 4.40. The average Bonchev–Trinajstić information content (AvgIpc) is 2.66. The molecular formula is C22H27FN2O5. The second kappa shape index (κ2) is 8.87. The summed E-state index contributed by atoms with van der Waals surface area (Å²) in [6, 6.07) is 7.64. The van der Waals surface area contributed by atoms with Crippen molar-refractivity contribution in [3.63, 3.8) is 0 Å². The van der Waals surface area contributed by atoms with Gasteiger partial charge in [0.05, 0.1) is 12.6 Å². The number of fused-ring (bicyclic) bond motifs is 1. The van der Waals surface area contributed by atoms with Gasteiger partial charge < -0.3 is 19.3 Å². The van der Waals surface area contributed by atoms with E-state index in [2.05, 4.69) is 4.98 Å². The molecule has 3 rings (SSSR count). The summed E-state index contributed by atoms with van der Waals surface area (Å²) in [5.41, 5.74) is 1.36. The van der Waals surface area contributed by atoms with Crippen LogP contribution < -0.4 is 14.4 Å². The number of rotatable bonds is 5. The summed E-state index contributed by atoms with van der Waals surface area (Å²) in [6.07, 6.45) is -0.0872. The number of anilines is 1. The first-order chi connectivity index (χ1) is 14.2. The molecule has 30 heavy (non-hydrogen) atoms. The summed E-state index contributed by atoms with van der Waals surface area (Å²) in [4.78, 5) is 18.8. The molecule has 0 saturated heterocycles. The number of aromatic nitrogens is 1. The van der Waals surface area contributed by atoms with E-state index in [-0.39, 0.29) is 37.6 Å². The Kier molecular flexibility index (Phi) is 6.45. The number of halogens is 1. The molecule has 1 aromatic carbocycles. The van der Waals surface area contributed by atoms with Gasteiger partial charge in [0.2, 0.25) is 11.8 Å². The number of hydrogen-bond donors (Lipinski definition) is 1. The van der Waals surface area contributed by atoms with Crippen LogP contribution in [0.25, 0.3) is 0 Å². The topological polar surface area (TPSA) is 81.1 Å². The molecule has 0 radical (unpaired) electrons. The van der Waals surface area contributed by atoms with Crippen molar-refractivity contribution in [2.45, 2.75) is 45.8 Å². The minimum Gasteiger partial charge on any atom is -0.475 e. The van der Waals surface area contributed by atoms with Crippen LogP contribution in [0.15, 0.2) is 30.3 Å². The minimum absolute atomic E-state index is 0.0639. The molecular weight excluding hydrogens is 391 g/mol. The number of aliphatic hydroxyl groups excluding tert-OH is 1. The number of pyridine rings is 1. The predicted octanol–water partition coefficient (Wildman–Crippen LogP) is 3.71. The molecule has 162 valence electrons. The highest BCUT2D eigenvalue weighted by Crippen LogP contribution is 2.38. The van der Waals surface area contributed by atoms with Crippen LogP contribution in [-0.2, 0) is 11.2 Å². The Labute approximate surface area is 175 Å². The third-order valence-electron chi connectivity index (χ3n) is 4.40. The number of carbonyl (C=O) groups is 1. The normalized spacial score (nSPS) is 15.9. The van der Waals surface area contributed by atoms with E-state index in [4.69, 9.17) is 19.3 Å². The highest BCUT2D eigenvalue weighted by atomic mass is 19.1. The number of benzene rings is 1. The van der Waals surface area contributed by atoms with Crippen molar-refractivity contribution in [1.82, 2.24) is 4.98 Å².